The monoisotopic (exact) mass is 619 g/mol. The van der Waals surface area contributed by atoms with Crippen LogP contribution in [0.2, 0.25) is 10.0 Å². The van der Waals surface area contributed by atoms with Gasteiger partial charge >= 0.3 is 0 Å². The molecule has 0 aliphatic heterocycles. The highest BCUT2D eigenvalue weighted by molar-refractivity contribution is 7.92. The van der Waals surface area contributed by atoms with Gasteiger partial charge < -0.3 is 15.0 Å². The van der Waals surface area contributed by atoms with E-state index in [2.05, 4.69) is 5.32 Å². The second-order valence-electron chi connectivity index (χ2n) is 10.0. The zero-order valence-corrected chi connectivity index (χ0v) is 26.1. The fourth-order valence-corrected chi connectivity index (χ4v) is 5.74. The van der Waals surface area contributed by atoms with Crippen molar-refractivity contribution in [3.8, 4) is 5.75 Å². The van der Waals surface area contributed by atoms with Crippen molar-refractivity contribution in [1.29, 1.82) is 0 Å². The van der Waals surface area contributed by atoms with Crippen LogP contribution in [0.25, 0.3) is 0 Å². The van der Waals surface area contributed by atoms with Crippen molar-refractivity contribution in [2.24, 2.45) is 0 Å². The minimum atomic E-state index is -3.96. The van der Waals surface area contributed by atoms with Gasteiger partial charge in [0.05, 0.1) is 19.1 Å². The largest absolute Gasteiger partial charge is 0.495 e. The molecule has 3 aromatic rings. The minimum absolute atomic E-state index is 0.122. The lowest BCUT2D eigenvalue weighted by Gasteiger charge is -2.34. The van der Waals surface area contributed by atoms with Crippen molar-refractivity contribution in [3.05, 3.63) is 93.5 Å². The number of benzene rings is 3. The van der Waals surface area contributed by atoms with E-state index in [0.29, 0.717) is 15.6 Å². The molecular weight excluding hydrogens is 585 g/mol. The van der Waals surface area contributed by atoms with E-state index < -0.39 is 28.5 Å². The number of rotatable bonds is 12. The van der Waals surface area contributed by atoms with Crippen molar-refractivity contribution in [3.63, 3.8) is 0 Å². The Hall–Kier alpha value is -3.27. The number of ether oxygens (including phenoxy) is 1. The number of anilines is 1. The molecule has 0 saturated carbocycles. The van der Waals surface area contributed by atoms with E-state index in [1.54, 1.807) is 36.4 Å². The van der Waals surface area contributed by atoms with Gasteiger partial charge in [0.2, 0.25) is 21.8 Å². The molecule has 11 heteroatoms. The zero-order valence-electron chi connectivity index (χ0n) is 23.7. The number of nitrogens with zero attached hydrogens (tertiary/aromatic N) is 2. The molecule has 0 radical (unpaired) electrons. The summed E-state index contributed by atoms with van der Waals surface area (Å²) in [7, 11) is -2.53. The topological polar surface area (TPSA) is 96.0 Å². The quantitative estimate of drug-likeness (QED) is 0.299. The number of hydrogen-bond acceptors (Lipinski definition) is 5. The van der Waals surface area contributed by atoms with Crippen molar-refractivity contribution >= 4 is 50.7 Å². The van der Waals surface area contributed by atoms with Crippen molar-refractivity contribution in [1.82, 2.24) is 10.2 Å². The van der Waals surface area contributed by atoms with Gasteiger partial charge in [-0.3, -0.25) is 13.9 Å². The van der Waals surface area contributed by atoms with Crippen LogP contribution in [-0.4, -0.2) is 57.1 Å². The second-order valence-corrected chi connectivity index (χ2v) is 12.8. The van der Waals surface area contributed by atoms with Crippen LogP contribution >= 0.6 is 23.2 Å². The maximum absolute atomic E-state index is 14.2. The number of hydrogen-bond donors (Lipinski definition) is 1. The molecule has 0 aliphatic rings. The number of sulfonamides is 1. The summed E-state index contributed by atoms with van der Waals surface area (Å²) in [6, 6.07) is 18.1. The van der Waals surface area contributed by atoms with Gasteiger partial charge in [-0.2, -0.15) is 0 Å². The fourth-order valence-electron chi connectivity index (χ4n) is 4.38. The molecule has 0 aromatic heterocycles. The maximum Gasteiger partial charge on any atom is 0.244 e. The van der Waals surface area contributed by atoms with Gasteiger partial charge in [0, 0.05) is 34.6 Å². The molecular formula is C30H35Cl2N3O5S. The first-order chi connectivity index (χ1) is 19.3. The third-order valence-corrected chi connectivity index (χ3v) is 8.21. The third-order valence-electron chi connectivity index (χ3n) is 6.37. The Morgan fingerprint density at radius 3 is 2.17 bits per heavy atom. The van der Waals surface area contributed by atoms with Gasteiger partial charge in [-0.15, -0.1) is 0 Å². The molecule has 1 atom stereocenters. The SMILES string of the molecule is COc1ccc(C)cc1N(CC(=O)N(Cc1c(Cl)cccc1Cl)[C@H](Cc1ccccc1)C(=O)NC(C)C)S(C)(=O)=O. The molecule has 0 fully saturated rings. The molecule has 41 heavy (non-hydrogen) atoms. The molecule has 3 aromatic carbocycles. The Morgan fingerprint density at radius 1 is 0.976 bits per heavy atom. The smallest absolute Gasteiger partial charge is 0.244 e. The molecule has 2 amide bonds. The first-order valence-electron chi connectivity index (χ1n) is 13.0. The van der Waals surface area contributed by atoms with E-state index in [4.69, 9.17) is 27.9 Å². The standard InChI is InChI=1S/C30H35Cl2N3O5S/c1-20(2)33-30(37)27(17-22-10-7-6-8-11-22)34(18-23-24(31)12-9-13-25(23)32)29(36)19-35(41(5,38)39)26-16-21(3)14-15-28(26)40-4/h6-16,20,27H,17-19H2,1-5H3,(H,33,37)/t27-/m1/s1. The van der Waals surface area contributed by atoms with E-state index in [-0.39, 0.29) is 36.4 Å². The molecule has 1 N–H and O–H groups in total. The molecule has 0 bridgehead atoms. The van der Waals surface area contributed by atoms with Crippen LogP contribution in [0.15, 0.2) is 66.7 Å². The Labute approximate surface area is 252 Å². The zero-order chi connectivity index (χ0) is 30.3. The fraction of sp³-hybridized carbons (Fsp3) is 0.333. The van der Waals surface area contributed by atoms with Crippen molar-refractivity contribution < 1.29 is 22.7 Å². The third kappa shape index (κ3) is 8.61. The summed E-state index contributed by atoms with van der Waals surface area (Å²) >= 11 is 13.0. The molecule has 0 aliphatic carbocycles. The van der Waals surface area contributed by atoms with E-state index in [1.807, 2.05) is 51.1 Å². The van der Waals surface area contributed by atoms with Crippen molar-refractivity contribution in [2.45, 2.75) is 45.8 Å². The van der Waals surface area contributed by atoms with Crippen LogP contribution in [0.4, 0.5) is 5.69 Å². The van der Waals surface area contributed by atoms with Gasteiger partial charge in [-0.1, -0.05) is 65.7 Å². The van der Waals surface area contributed by atoms with Gasteiger partial charge in [-0.05, 0) is 56.2 Å². The van der Waals surface area contributed by atoms with E-state index in [0.717, 1.165) is 21.7 Å². The van der Waals surface area contributed by atoms with E-state index in [9.17, 15) is 18.0 Å². The Bertz CT molecular complexity index is 1460. The normalized spacial score (nSPS) is 12.1. The lowest BCUT2D eigenvalue weighted by Crippen LogP contribution is -2.54. The van der Waals surface area contributed by atoms with Gasteiger partial charge in [0.15, 0.2) is 0 Å². The highest BCUT2D eigenvalue weighted by atomic mass is 35.5. The Kier molecular flexibility index (Phi) is 11.1. The average Bonchev–Trinajstić information content (AvgIpc) is 2.90. The van der Waals surface area contributed by atoms with Gasteiger partial charge in [0.1, 0.15) is 18.3 Å². The van der Waals surface area contributed by atoms with Crippen LogP contribution in [-0.2, 0) is 32.6 Å². The van der Waals surface area contributed by atoms with Crippen LogP contribution < -0.4 is 14.4 Å². The molecule has 220 valence electrons. The van der Waals surface area contributed by atoms with Crippen LogP contribution in [0.5, 0.6) is 5.75 Å². The Balaban J connectivity index is 2.14. The number of methoxy groups -OCH3 is 1. The summed E-state index contributed by atoms with van der Waals surface area (Å²) in [6.45, 7) is 4.75. The Morgan fingerprint density at radius 2 is 1.61 bits per heavy atom. The van der Waals surface area contributed by atoms with Crippen molar-refractivity contribution in [2.75, 3.05) is 24.2 Å². The highest BCUT2D eigenvalue weighted by Crippen LogP contribution is 2.32. The number of halogens is 2. The number of carbonyl (C=O) groups is 2. The first kappa shape index (κ1) is 32.2. The molecule has 0 unspecified atom stereocenters. The van der Waals surface area contributed by atoms with Gasteiger partial charge in [0.25, 0.3) is 0 Å². The lowest BCUT2D eigenvalue weighted by atomic mass is 10.0. The van der Waals surface area contributed by atoms with Crippen LogP contribution in [0, 0.1) is 6.92 Å². The van der Waals surface area contributed by atoms with E-state index in [1.165, 1.54) is 12.0 Å². The number of carbonyl (C=O) groups excluding carboxylic acids is 2. The minimum Gasteiger partial charge on any atom is -0.495 e. The van der Waals surface area contributed by atoms with Crippen LogP contribution in [0.1, 0.15) is 30.5 Å². The summed E-state index contributed by atoms with van der Waals surface area (Å²) in [5.74, 6) is -0.720. The number of amides is 2. The summed E-state index contributed by atoms with van der Waals surface area (Å²) in [6.07, 6.45) is 1.20. The predicted molar refractivity (Wildman–Crippen MR) is 164 cm³/mol. The molecule has 0 spiro atoms. The molecule has 0 heterocycles. The number of nitrogens with one attached hydrogen (secondary N) is 1. The lowest BCUT2D eigenvalue weighted by molar-refractivity contribution is -0.140. The molecule has 3 rings (SSSR count). The maximum atomic E-state index is 14.2. The average molecular weight is 621 g/mol. The van der Waals surface area contributed by atoms with Gasteiger partial charge in [-0.25, -0.2) is 8.42 Å². The molecule has 8 nitrogen and oxygen atoms in total. The first-order valence-corrected chi connectivity index (χ1v) is 15.6. The summed E-state index contributed by atoms with van der Waals surface area (Å²) in [5, 5.41) is 3.54. The van der Waals surface area contributed by atoms with Crippen LogP contribution in [0.3, 0.4) is 0 Å². The highest BCUT2D eigenvalue weighted by Gasteiger charge is 2.34. The van der Waals surface area contributed by atoms with E-state index >= 15 is 0 Å². The second kappa shape index (κ2) is 14.1. The summed E-state index contributed by atoms with van der Waals surface area (Å²) < 4.78 is 32.5. The molecule has 0 saturated heterocycles. The summed E-state index contributed by atoms with van der Waals surface area (Å²) in [4.78, 5) is 29.2. The number of aryl methyl sites for hydroxylation is 1. The predicted octanol–water partition coefficient (Wildman–Crippen LogP) is 5.24. The summed E-state index contributed by atoms with van der Waals surface area (Å²) in [5.41, 5.74) is 2.25.